The molecule has 27 heavy (non-hydrogen) atoms. The van der Waals surface area contributed by atoms with E-state index in [4.69, 9.17) is 11.6 Å². The molecule has 0 spiro atoms. The predicted octanol–water partition coefficient (Wildman–Crippen LogP) is 2.43. The van der Waals surface area contributed by atoms with Crippen LogP contribution in [0.15, 0.2) is 39.2 Å². The molecule has 2 aliphatic heterocycles. The van der Waals surface area contributed by atoms with Crippen LogP contribution >= 0.6 is 27.5 Å². The van der Waals surface area contributed by atoms with Crippen LogP contribution in [0.1, 0.15) is 18.2 Å². The third-order valence-electron chi connectivity index (χ3n) is 4.29. The molecule has 2 aromatic heterocycles. The molecule has 4 rings (SSSR count). The number of amides is 2. The zero-order chi connectivity index (χ0) is 19.3. The van der Waals surface area contributed by atoms with Crippen molar-refractivity contribution in [2.24, 2.45) is 10.2 Å². The lowest BCUT2D eigenvalue weighted by atomic mass is 10.2. The quantitative estimate of drug-likeness (QED) is 0.661. The maximum Gasteiger partial charge on any atom is 0.280 e. The second kappa shape index (κ2) is 6.50. The van der Waals surface area contributed by atoms with Crippen LogP contribution in [0.25, 0.3) is 0 Å². The Kier molecular flexibility index (Phi) is 4.27. The van der Waals surface area contributed by atoms with Gasteiger partial charge in [0.1, 0.15) is 11.5 Å². The number of fused-ring (bicyclic) bond motifs is 2. The summed E-state index contributed by atoms with van der Waals surface area (Å²) in [5, 5.41) is 8.54. The number of hydrogen-bond donors (Lipinski definition) is 0. The third-order valence-corrected chi connectivity index (χ3v) is 4.93. The molecule has 2 aliphatic rings. The summed E-state index contributed by atoms with van der Waals surface area (Å²) in [6, 6.07) is 3.39. The van der Waals surface area contributed by atoms with Crippen LogP contribution in [0.2, 0.25) is 5.02 Å². The van der Waals surface area contributed by atoms with Gasteiger partial charge in [0.25, 0.3) is 11.8 Å². The minimum atomic E-state index is -0.345. The van der Waals surface area contributed by atoms with E-state index in [1.54, 1.807) is 25.4 Å². The van der Waals surface area contributed by atoms with Crippen molar-refractivity contribution in [3.05, 3.63) is 45.3 Å². The highest BCUT2D eigenvalue weighted by molar-refractivity contribution is 9.10. The lowest BCUT2D eigenvalue weighted by molar-refractivity contribution is -0.113. The van der Waals surface area contributed by atoms with Crippen molar-refractivity contribution in [1.29, 1.82) is 0 Å². The molecule has 0 bridgehead atoms. The van der Waals surface area contributed by atoms with Crippen molar-refractivity contribution < 1.29 is 9.59 Å². The molecule has 0 saturated carbocycles. The summed E-state index contributed by atoms with van der Waals surface area (Å²) in [6.45, 7) is 2.26. The fourth-order valence-electron chi connectivity index (χ4n) is 2.98. The summed E-state index contributed by atoms with van der Waals surface area (Å²) in [6.07, 6.45) is 3.05. The van der Waals surface area contributed by atoms with Gasteiger partial charge in [0, 0.05) is 30.5 Å². The van der Waals surface area contributed by atoms with E-state index in [0.29, 0.717) is 34.3 Å². The van der Waals surface area contributed by atoms with Crippen molar-refractivity contribution in [1.82, 2.24) is 9.97 Å². The number of halogens is 2. The van der Waals surface area contributed by atoms with E-state index in [0.717, 1.165) is 4.47 Å². The molecule has 0 atom stereocenters. The fraction of sp³-hybridized carbons (Fsp3) is 0.176. The smallest absolute Gasteiger partial charge is 0.280 e. The molecular weight excluding hydrogens is 436 g/mol. The van der Waals surface area contributed by atoms with Crippen molar-refractivity contribution >= 4 is 62.3 Å². The van der Waals surface area contributed by atoms with Gasteiger partial charge in [-0.2, -0.15) is 0 Å². The van der Waals surface area contributed by atoms with Crippen molar-refractivity contribution in [3.63, 3.8) is 0 Å². The van der Waals surface area contributed by atoms with Crippen LogP contribution in [-0.4, -0.2) is 46.8 Å². The largest absolute Gasteiger partial charge is 0.308 e. The standard InChI is InChI=1S/C17H12BrClN6O2/c1-3-25-15-10(5-9(19)7-21-15)12(17(25)27)22-23-14-13-11(24(2)16(14)26)4-8(18)6-20-13/h4-7H,3H2,1-2H3/b22-12-,23-14-. The zero-order valence-electron chi connectivity index (χ0n) is 14.3. The first-order valence-corrected chi connectivity index (χ1v) is 9.17. The summed E-state index contributed by atoms with van der Waals surface area (Å²) in [4.78, 5) is 36.6. The molecule has 0 radical (unpaired) electrons. The van der Waals surface area contributed by atoms with Gasteiger partial charge in [-0.05, 0) is 35.0 Å². The van der Waals surface area contributed by atoms with Crippen molar-refractivity contribution in [2.75, 3.05) is 23.4 Å². The summed E-state index contributed by atoms with van der Waals surface area (Å²) >= 11 is 9.35. The maximum atomic E-state index is 12.7. The lowest BCUT2D eigenvalue weighted by Gasteiger charge is -2.11. The second-order valence-corrected chi connectivity index (χ2v) is 7.21. The zero-order valence-corrected chi connectivity index (χ0v) is 16.6. The van der Waals surface area contributed by atoms with Crippen LogP contribution < -0.4 is 9.80 Å². The number of rotatable bonds is 2. The topological polar surface area (TPSA) is 91.1 Å². The van der Waals surface area contributed by atoms with Crippen LogP contribution in [0.3, 0.4) is 0 Å². The molecule has 0 fully saturated rings. The Morgan fingerprint density at radius 1 is 1.11 bits per heavy atom. The van der Waals surface area contributed by atoms with Gasteiger partial charge in [-0.25, -0.2) is 4.98 Å². The SMILES string of the molecule is CCN1C(=O)/C(=N\N=C2/C(=O)N(C)c3cc(Br)cnc32)c2cc(Cl)cnc21. The number of nitrogens with zero attached hydrogens (tertiary/aromatic N) is 6. The average molecular weight is 448 g/mol. The molecule has 0 saturated heterocycles. The summed E-state index contributed by atoms with van der Waals surface area (Å²) in [5.74, 6) is -0.209. The number of anilines is 2. The molecule has 136 valence electrons. The highest BCUT2D eigenvalue weighted by atomic mass is 79.9. The Morgan fingerprint density at radius 2 is 1.85 bits per heavy atom. The van der Waals surface area contributed by atoms with Crippen LogP contribution in [0.5, 0.6) is 0 Å². The number of likely N-dealkylation sites (N-methyl/N-ethyl adjacent to an activating group) is 2. The first kappa shape index (κ1) is 17.7. The maximum absolute atomic E-state index is 12.7. The average Bonchev–Trinajstić information content (AvgIpc) is 3.04. The van der Waals surface area contributed by atoms with Gasteiger partial charge in [0.05, 0.1) is 16.3 Å². The number of pyridine rings is 2. The van der Waals surface area contributed by atoms with Crippen molar-refractivity contribution in [2.45, 2.75) is 6.92 Å². The minimum Gasteiger partial charge on any atom is -0.308 e. The number of carbonyl (C=O) groups excluding carboxylic acids is 2. The number of carbonyl (C=O) groups is 2. The van der Waals surface area contributed by atoms with Gasteiger partial charge in [-0.3, -0.25) is 19.5 Å². The van der Waals surface area contributed by atoms with E-state index in [1.165, 1.54) is 16.0 Å². The monoisotopic (exact) mass is 446 g/mol. The number of hydrogen-bond acceptors (Lipinski definition) is 6. The van der Waals surface area contributed by atoms with Gasteiger partial charge in [-0.15, -0.1) is 10.2 Å². The lowest BCUT2D eigenvalue weighted by Crippen LogP contribution is -2.30. The van der Waals surface area contributed by atoms with E-state index in [1.807, 2.05) is 6.92 Å². The molecule has 10 heteroatoms. The first-order valence-electron chi connectivity index (χ1n) is 7.99. The molecule has 2 amide bonds. The Balaban J connectivity index is 1.83. The fourth-order valence-corrected chi connectivity index (χ4v) is 3.45. The Hall–Kier alpha value is -2.65. The van der Waals surface area contributed by atoms with Crippen molar-refractivity contribution in [3.8, 4) is 0 Å². The molecule has 0 aromatic carbocycles. The Morgan fingerprint density at radius 3 is 2.59 bits per heavy atom. The van der Waals surface area contributed by atoms with Gasteiger partial charge >= 0.3 is 0 Å². The molecule has 0 N–H and O–H groups in total. The van der Waals surface area contributed by atoms with Gasteiger partial charge in [0.15, 0.2) is 11.4 Å². The highest BCUT2D eigenvalue weighted by Crippen LogP contribution is 2.31. The van der Waals surface area contributed by atoms with Gasteiger partial charge in [0.2, 0.25) is 0 Å². The molecular formula is C17H12BrClN6O2. The van der Waals surface area contributed by atoms with E-state index in [-0.39, 0.29) is 23.2 Å². The molecule has 8 nitrogen and oxygen atoms in total. The molecule has 0 aliphatic carbocycles. The number of aromatic nitrogens is 2. The summed E-state index contributed by atoms with van der Waals surface area (Å²) in [5.41, 5.74) is 1.69. The molecule has 0 unspecified atom stereocenters. The van der Waals surface area contributed by atoms with E-state index < -0.39 is 0 Å². The van der Waals surface area contributed by atoms with E-state index in [9.17, 15) is 9.59 Å². The van der Waals surface area contributed by atoms with Crippen LogP contribution in [0, 0.1) is 0 Å². The second-order valence-electron chi connectivity index (χ2n) is 5.86. The van der Waals surface area contributed by atoms with E-state index in [2.05, 4.69) is 36.1 Å². The predicted molar refractivity (Wildman–Crippen MR) is 106 cm³/mol. The molecule has 2 aromatic rings. The van der Waals surface area contributed by atoms with E-state index >= 15 is 0 Å². The van der Waals surface area contributed by atoms with Crippen LogP contribution in [-0.2, 0) is 9.59 Å². The van der Waals surface area contributed by atoms with Crippen LogP contribution in [0.4, 0.5) is 11.5 Å². The summed E-state index contributed by atoms with van der Waals surface area (Å²) in [7, 11) is 1.63. The Bertz CT molecular complexity index is 1070. The third kappa shape index (κ3) is 2.74. The first-order chi connectivity index (χ1) is 12.9. The molecule has 4 heterocycles. The Labute approximate surface area is 167 Å². The van der Waals surface area contributed by atoms with Gasteiger partial charge < -0.3 is 4.90 Å². The summed E-state index contributed by atoms with van der Waals surface area (Å²) < 4.78 is 0.743. The normalized spacial score (nSPS) is 18.7. The minimum absolute atomic E-state index is 0.0757. The van der Waals surface area contributed by atoms with Gasteiger partial charge in [-0.1, -0.05) is 11.6 Å². The highest BCUT2D eigenvalue weighted by Gasteiger charge is 2.36.